The first-order valence-corrected chi connectivity index (χ1v) is 10.5. The lowest BCUT2D eigenvalue weighted by Gasteiger charge is -2.29. The number of H-pyrrole nitrogens is 1. The van der Waals surface area contributed by atoms with Gasteiger partial charge in [0, 0.05) is 13.1 Å². The van der Waals surface area contributed by atoms with Crippen molar-refractivity contribution in [3.05, 3.63) is 43.9 Å². The van der Waals surface area contributed by atoms with Crippen LogP contribution in [0.25, 0.3) is 0 Å². The molecule has 2 heterocycles. The second-order valence-corrected chi connectivity index (χ2v) is 7.64. The molecule has 0 radical (unpaired) electrons. The van der Waals surface area contributed by atoms with Gasteiger partial charge >= 0.3 is 0 Å². The second-order valence-electron chi connectivity index (χ2n) is 7.25. The SMILES string of the molecule is CCCCCCn1c(O)c([C@H]2NCCc3cc(OC)c(OC)cc32)c(=O)[nH]c1=S. The van der Waals surface area contributed by atoms with E-state index in [1.807, 2.05) is 12.1 Å². The summed E-state index contributed by atoms with van der Waals surface area (Å²) in [6.07, 6.45) is 4.99. The zero-order valence-electron chi connectivity index (χ0n) is 17.2. The van der Waals surface area contributed by atoms with Crippen LogP contribution in [0.1, 0.15) is 55.3 Å². The molecule has 158 valence electrons. The number of rotatable bonds is 8. The Bertz CT molecular complexity index is 983. The van der Waals surface area contributed by atoms with Crippen LogP contribution < -0.4 is 20.3 Å². The zero-order chi connectivity index (χ0) is 21.0. The topological polar surface area (TPSA) is 88.5 Å². The van der Waals surface area contributed by atoms with Crippen molar-refractivity contribution >= 4 is 12.2 Å². The third-order valence-electron chi connectivity index (χ3n) is 5.43. The van der Waals surface area contributed by atoms with Gasteiger partial charge in [0.2, 0.25) is 5.88 Å². The Hall–Kier alpha value is -2.32. The molecule has 0 unspecified atom stereocenters. The average Bonchev–Trinajstić information content (AvgIpc) is 2.72. The lowest BCUT2D eigenvalue weighted by Crippen LogP contribution is -2.35. The number of aromatic hydroxyl groups is 1. The van der Waals surface area contributed by atoms with Gasteiger partial charge in [-0.1, -0.05) is 26.2 Å². The molecule has 29 heavy (non-hydrogen) atoms. The molecule has 0 saturated heterocycles. The first kappa shape index (κ1) is 21.4. The van der Waals surface area contributed by atoms with Crippen LogP contribution in [0.4, 0.5) is 0 Å². The van der Waals surface area contributed by atoms with Crippen molar-refractivity contribution in [1.29, 1.82) is 0 Å². The highest BCUT2D eigenvalue weighted by molar-refractivity contribution is 7.71. The molecule has 7 nitrogen and oxygen atoms in total. The van der Waals surface area contributed by atoms with Gasteiger partial charge in [0.1, 0.15) is 0 Å². The minimum atomic E-state index is -0.459. The van der Waals surface area contributed by atoms with Gasteiger partial charge in [0.25, 0.3) is 5.56 Å². The van der Waals surface area contributed by atoms with Crippen molar-refractivity contribution in [3.63, 3.8) is 0 Å². The highest BCUT2D eigenvalue weighted by Gasteiger charge is 2.29. The van der Waals surface area contributed by atoms with Crippen LogP contribution in [0.15, 0.2) is 16.9 Å². The molecule has 1 aromatic carbocycles. The van der Waals surface area contributed by atoms with Crippen molar-refractivity contribution in [2.24, 2.45) is 0 Å². The lowest BCUT2D eigenvalue weighted by atomic mass is 9.90. The molecule has 0 aliphatic carbocycles. The number of hydrogen-bond donors (Lipinski definition) is 3. The van der Waals surface area contributed by atoms with Crippen LogP contribution in [-0.2, 0) is 13.0 Å². The van der Waals surface area contributed by atoms with E-state index >= 15 is 0 Å². The minimum absolute atomic E-state index is 0.0737. The summed E-state index contributed by atoms with van der Waals surface area (Å²) < 4.78 is 12.7. The summed E-state index contributed by atoms with van der Waals surface area (Å²) >= 11 is 5.31. The lowest BCUT2D eigenvalue weighted by molar-refractivity contribution is 0.352. The number of aromatic amines is 1. The molecule has 0 saturated carbocycles. The smallest absolute Gasteiger partial charge is 0.260 e. The fourth-order valence-electron chi connectivity index (χ4n) is 3.88. The molecule has 3 rings (SSSR count). The van der Waals surface area contributed by atoms with E-state index in [2.05, 4.69) is 17.2 Å². The van der Waals surface area contributed by atoms with Gasteiger partial charge in [-0.2, -0.15) is 0 Å². The molecule has 8 heteroatoms. The van der Waals surface area contributed by atoms with Gasteiger partial charge in [0.05, 0.1) is 25.8 Å². The maximum atomic E-state index is 12.8. The number of nitrogens with zero attached hydrogens (tertiary/aromatic N) is 1. The highest BCUT2D eigenvalue weighted by Crippen LogP contribution is 2.38. The maximum Gasteiger partial charge on any atom is 0.260 e. The summed E-state index contributed by atoms with van der Waals surface area (Å²) in [4.78, 5) is 15.5. The minimum Gasteiger partial charge on any atom is -0.494 e. The quantitative estimate of drug-likeness (QED) is 0.449. The molecule has 1 aromatic heterocycles. The van der Waals surface area contributed by atoms with Gasteiger partial charge in [-0.3, -0.25) is 14.3 Å². The van der Waals surface area contributed by atoms with E-state index in [1.165, 1.54) is 0 Å². The maximum absolute atomic E-state index is 12.8. The van der Waals surface area contributed by atoms with E-state index in [9.17, 15) is 9.90 Å². The number of unbranched alkanes of at least 4 members (excludes halogenated alkanes) is 3. The van der Waals surface area contributed by atoms with E-state index in [0.717, 1.165) is 43.2 Å². The highest BCUT2D eigenvalue weighted by atomic mass is 32.1. The molecule has 2 aromatic rings. The summed E-state index contributed by atoms with van der Waals surface area (Å²) in [5, 5.41) is 14.4. The van der Waals surface area contributed by atoms with E-state index in [-0.39, 0.29) is 21.8 Å². The van der Waals surface area contributed by atoms with Crippen LogP contribution in [0.5, 0.6) is 17.4 Å². The monoisotopic (exact) mass is 419 g/mol. The number of fused-ring (bicyclic) bond motifs is 1. The zero-order valence-corrected chi connectivity index (χ0v) is 18.0. The number of methoxy groups -OCH3 is 2. The summed E-state index contributed by atoms with van der Waals surface area (Å²) in [7, 11) is 3.18. The van der Waals surface area contributed by atoms with E-state index in [0.29, 0.717) is 24.6 Å². The molecule has 1 aliphatic heterocycles. The molecule has 3 N–H and O–H groups in total. The Morgan fingerprint density at radius 2 is 1.93 bits per heavy atom. The van der Waals surface area contributed by atoms with Crippen LogP contribution in [0.3, 0.4) is 0 Å². The Kier molecular flexibility index (Phi) is 6.97. The van der Waals surface area contributed by atoms with Crippen LogP contribution in [0.2, 0.25) is 0 Å². The summed E-state index contributed by atoms with van der Waals surface area (Å²) in [6, 6.07) is 3.35. The number of ether oxygens (including phenoxy) is 2. The second kappa shape index (κ2) is 9.45. The van der Waals surface area contributed by atoms with Gasteiger partial charge in [0.15, 0.2) is 16.3 Å². The van der Waals surface area contributed by atoms with E-state index in [4.69, 9.17) is 21.7 Å². The van der Waals surface area contributed by atoms with E-state index in [1.54, 1.807) is 18.8 Å². The largest absolute Gasteiger partial charge is 0.494 e. The Labute approximate surface area is 175 Å². The Morgan fingerprint density at radius 1 is 1.21 bits per heavy atom. The summed E-state index contributed by atoms with van der Waals surface area (Å²) in [6.45, 7) is 3.40. The fraction of sp³-hybridized carbons (Fsp3) is 0.524. The first-order chi connectivity index (χ1) is 14.0. The van der Waals surface area contributed by atoms with Crippen LogP contribution >= 0.6 is 12.2 Å². The molecule has 0 bridgehead atoms. The third kappa shape index (κ3) is 4.33. The third-order valence-corrected chi connectivity index (χ3v) is 5.75. The van der Waals surface area contributed by atoms with Gasteiger partial charge in [-0.15, -0.1) is 0 Å². The number of aromatic nitrogens is 2. The molecule has 0 spiro atoms. The standard InChI is InChI=1S/C21H29N3O4S/c1-4-5-6-7-10-24-20(26)17(19(25)23-21(24)29)18-14-12-16(28-3)15(27-2)11-13(14)8-9-22-18/h11-12,18,22,26H,4-10H2,1-3H3,(H,23,25,29)/t18-/m0/s1. The molecule has 0 fully saturated rings. The van der Waals surface area contributed by atoms with E-state index < -0.39 is 6.04 Å². The number of hydrogen-bond acceptors (Lipinski definition) is 6. The summed E-state index contributed by atoms with van der Waals surface area (Å²) in [5.74, 6) is 1.16. The van der Waals surface area contributed by atoms with Crippen molar-refractivity contribution in [3.8, 4) is 17.4 Å². The number of nitrogens with one attached hydrogen (secondary N) is 2. The van der Waals surface area contributed by atoms with Crippen LogP contribution in [-0.4, -0.2) is 35.4 Å². The number of benzene rings is 1. The van der Waals surface area contributed by atoms with Crippen molar-refractivity contribution in [1.82, 2.24) is 14.9 Å². The predicted octanol–water partition coefficient (Wildman–Crippen LogP) is 3.44. The molecular weight excluding hydrogens is 390 g/mol. The molecule has 1 aliphatic rings. The van der Waals surface area contributed by atoms with Crippen LogP contribution in [0, 0.1) is 4.77 Å². The van der Waals surface area contributed by atoms with Crippen molar-refractivity contribution < 1.29 is 14.6 Å². The predicted molar refractivity (Wildman–Crippen MR) is 115 cm³/mol. The van der Waals surface area contributed by atoms with Crippen molar-refractivity contribution in [2.45, 2.75) is 51.6 Å². The summed E-state index contributed by atoms with van der Waals surface area (Å²) in [5.41, 5.74) is 1.85. The molecule has 1 atom stereocenters. The fourth-order valence-corrected chi connectivity index (χ4v) is 4.15. The Morgan fingerprint density at radius 3 is 2.62 bits per heavy atom. The molecule has 0 amide bonds. The average molecular weight is 420 g/mol. The normalized spacial score (nSPS) is 15.8. The van der Waals surface area contributed by atoms with Gasteiger partial charge in [-0.25, -0.2) is 0 Å². The Balaban J connectivity index is 2.06. The molecular formula is C21H29N3O4S. The first-order valence-electron chi connectivity index (χ1n) is 10.1. The van der Waals surface area contributed by atoms with Gasteiger partial charge < -0.3 is 19.9 Å². The van der Waals surface area contributed by atoms with Gasteiger partial charge in [-0.05, 0) is 48.3 Å². The van der Waals surface area contributed by atoms with Crippen molar-refractivity contribution in [2.75, 3.05) is 20.8 Å².